The summed E-state index contributed by atoms with van der Waals surface area (Å²) in [6.07, 6.45) is 1.35. The van der Waals surface area contributed by atoms with Crippen molar-refractivity contribution in [2.45, 2.75) is 56.0 Å². The number of amides is 1. The lowest BCUT2D eigenvalue weighted by Crippen LogP contribution is -2.40. The van der Waals surface area contributed by atoms with Crippen molar-refractivity contribution < 1.29 is 13.6 Å². The number of alkyl halides is 2. The minimum Gasteiger partial charge on any atom is -0.349 e. The van der Waals surface area contributed by atoms with Crippen LogP contribution in [-0.2, 0) is 0 Å². The fraction of sp³-hybridized carbons (Fsp3) is 0.562. The van der Waals surface area contributed by atoms with Crippen LogP contribution in [0.3, 0.4) is 0 Å². The highest BCUT2D eigenvalue weighted by Gasteiger charge is 2.36. The van der Waals surface area contributed by atoms with Gasteiger partial charge in [-0.25, -0.2) is 8.78 Å². The van der Waals surface area contributed by atoms with E-state index in [-0.39, 0.29) is 30.8 Å². The Morgan fingerprint density at radius 1 is 1.29 bits per heavy atom. The predicted molar refractivity (Wildman–Crippen MR) is 76.4 cm³/mol. The van der Waals surface area contributed by atoms with Crippen LogP contribution < -0.4 is 11.1 Å². The SMILES string of the molecule is N[C@@H]1C[C@H]1c1cccc(C(=O)NC2CCC(F)(F)CC2)c1. The van der Waals surface area contributed by atoms with Gasteiger partial charge in [-0.2, -0.15) is 0 Å². The van der Waals surface area contributed by atoms with Crippen LogP contribution in [0.25, 0.3) is 0 Å². The summed E-state index contributed by atoms with van der Waals surface area (Å²) in [5, 5.41) is 2.87. The average Bonchev–Trinajstić information content (AvgIpc) is 3.18. The molecule has 114 valence electrons. The molecule has 1 aromatic rings. The van der Waals surface area contributed by atoms with Gasteiger partial charge in [0.05, 0.1) is 0 Å². The van der Waals surface area contributed by atoms with Gasteiger partial charge in [0.2, 0.25) is 5.92 Å². The summed E-state index contributed by atoms with van der Waals surface area (Å²) >= 11 is 0. The highest BCUT2D eigenvalue weighted by molar-refractivity contribution is 5.94. The Morgan fingerprint density at radius 2 is 1.95 bits per heavy atom. The van der Waals surface area contributed by atoms with E-state index < -0.39 is 5.92 Å². The molecule has 2 atom stereocenters. The van der Waals surface area contributed by atoms with E-state index in [1.807, 2.05) is 18.2 Å². The van der Waals surface area contributed by atoms with Gasteiger partial charge in [-0.3, -0.25) is 4.79 Å². The Balaban J connectivity index is 1.61. The van der Waals surface area contributed by atoms with Crippen LogP contribution in [0.15, 0.2) is 24.3 Å². The van der Waals surface area contributed by atoms with E-state index in [1.54, 1.807) is 6.07 Å². The van der Waals surface area contributed by atoms with Gasteiger partial charge in [0, 0.05) is 36.4 Å². The van der Waals surface area contributed by atoms with Crippen molar-refractivity contribution in [3.8, 4) is 0 Å². The van der Waals surface area contributed by atoms with Crippen LogP contribution in [-0.4, -0.2) is 23.9 Å². The molecule has 2 saturated carbocycles. The van der Waals surface area contributed by atoms with Crippen LogP contribution in [0.5, 0.6) is 0 Å². The molecule has 3 nitrogen and oxygen atoms in total. The van der Waals surface area contributed by atoms with Gasteiger partial charge in [0.25, 0.3) is 5.91 Å². The summed E-state index contributed by atoms with van der Waals surface area (Å²) < 4.78 is 26.2. The van der Waals surface area contributed by atoms with E-state index >= 15 is 0 Å². The Kier molecular flexibility index (Phi) is 3.69. The van der Waals surface area contributed by atoms with Crippen molar-refractivity contribution in [1.82, 2.24) is 5.32 Å². The van der Waals surface area contributed by atoms with Crippen LogP contribution in [0.2, 0.25) is 0 Å². The minimum absolute atomic E-state index is 0.144. The summed E-state index contributed by atoms with van der Waals surface area (Å²) in [5.74, 6) is -2.39. The van der Waals surface area contributed by atoms with Crippen LogP contribution >= 0.6 is 0 Å². The Hall–Kier alpha value is -1.49. The van der Waals surface area contributed by atoms with Crippen molar-refractivity contribution in [2.75, 3.05) is 0 Å². The number of carbonyl (C=O) groups excluding carboxylic acids is 1. The lowest BCUT2D eigenvalue weighted by atomic mass is 9.92. The highest BCUT2D eigenvalue weighted by atomic mass is 19.3. The summed E-state index contributed by atoms with van der Waals surface area (Å²) in [4.78, 5) is 12.2. The highest BCUT2D eigenvalue weighted by Crippen LogP contribution is 2.39. The standard InChI is InChI=1S/C16H20F2N2O/c17-16(18)6-4-12(5-7-16)20-15(21)11-3-1-2-10(8-11)13-9-14(13)19/h1-3,8,12-14H,4-7,9,19H2,(H,20,21)/t13-,14+/m0/s1. The number of nitrogens with two attached hydrogens (primary N) is 1. The second kappa shape index (κ2) is 5.37. The molecule has 0 saturated heterocycles. The molecule has 1 amide bonds. The molecule has 0 spiro atoms. The smallest absolute Gasteiger partial charge is 0.251 e. The third kappa shape index (κ3) is 3.40. The fourth-order valence-corrected chi connectivity index (χ4v) is 2.96. The zero-order valence-electron chi connectivity index (χ0n) is 11.8. The molecule has 0 aromatic heterocycles. The molecule has 2 fully saturated rings. The van der Waals surface area contributed by atoms with Crippen LogP contribution in [0, 0.1) is 0 Å². The van der Waals surface area contributed by atoms with Gasteiger partial charge in [-0.15, -0.1) is 0 Å². The second-order valence-electron chi connectivity index (χ2n) is 6.24. The third-order valence-corrected chi connectivity index (χ3v) is 4.47. The molecule has 3 rings (SSSR count). The molecule has 0 aliphatic heterocycles. The van der Waals surface area contributed by atoms with Gasteiger partial charge in [0.1, 0.15) is 0 Å². The molecule has 5 heteroatoms. The Bertz CT molecular complexity index is 537. The molecule has 1 aromatic carbocycles. The lowest BCUT2D eigenvalue weighted by Gasteiger charge is -2.28. The number of nitrogens with one attached hydrogen (secondary N) is 1. The van der Waals surface area contributed by atoms with Gasteiger partial charge in [0.15, 0.2) is 0 Å². The maximum absolute atomic E-state index is 13.1. The van der Waals surface area contributed by atoms with Gasteiger partial charge >= 0.3 is 0 Å². The van der Waals surface area contributed by atoms with E-state index in [9.17, 15) is 13.6 Å². The van der Waals surface area contributed by atoms with Crippen LogP contribution in [0.1, 0.15) is 53.9 Å². The molecule has 0 bridgehead atoms. The number of benzene rings is 1. The van der Waals surface area contributed by atoms with Gasteiger partial charge in [-0.1, -0.05) is 12.1 Å². The van der Waals surface area contributed by atoms with Crippen molar-refractivity contribution in [2.24, 2.45) is 5.73 Å². The summed E-state index contributed by atoms with van der Waals surface area (Å²) in [6, 6.07) is 7.50. The lowest BCUT2D eigenvalue weighted by molar-refractivity contribution is -0.0399. The van der Waals surface area contributed by atoms with E-state index in [2.05, 4.69) is 5.32 Å². The number of hydrogen-bond donors (Lipinski definition) is 2. The average molecular weight is 294 g/mol. The zero-order chi connectivity index (χ0) is 15.0. The number of rotatable bonds is 3. The first kappa shape index (κ1) is 14.4. The molecule has 2 aliphatic rings. The summed E-state index contributed by atoms with van der Waals surface area (Å²) in [5.41, 5.74) is 7.50. The Labute approximate surface area is 122 Å². The van der Waals surface area contributed by atoms with E-state index in [1.165, 1.54) is 0 Å². The van der Waals surface area contributed by atoms with E-state index in [4.69, 9.17) is 5.73 Å². The predicted octanol–water partition coefficient (Wildman–Crippen LogP) is 2.81. The summed E-state index contributed by atoms with van der Waals surface area (Å²) in [6.45, 7) is 0. The van der Waals surface area contributed by atoms with Crippen LogP contribution in [0.4, 0.5) is 8.78 Å². The quantitative estimate of drug-likeness (QED) is 0.900. The molecule has 0 radical (unpaired) electrons. The molecule has 0 unspecified atom stereocenters. The molecule has 3 N–H and O–H groups in total. The molecule has 2 aliphatic carbocycles. The number of halogens is 2. The fourth-order valence-electron chi connectivity index (χ4n) is 2.96. The molecular formula is C16H20F2N2O. The zero-order valence-corrected chi connectivity index (χ0v) is 11.8. The normalized spacial score (nSPS) is 28.1. The van der Waals surface area contributed by atoms with Crippen molar-refractivity contribution in [3.63, 3.8) is 0 Å². The first-order valence-electron chi connectivity index (χ1n) is 7.49. The minimum atomic E-state index is -2.57. The first-order chi connectivity index (χ1) is 9.94. The maximum atomic E-state index is 13.1. The topological polar surface area (TPSA) is 55.1 Å². The number of hydrogen-bond acceptors (Lipinski definition) is 2. The van der Waals surface area contributed by atoms with Crippen molar-refractivity contribution in [3.05, 3.63) is 35.4 Å². The molecule has 0 heterocycles. The van der Waals surface area contributed by atoms with E-state index in [0.29, 0.717) is 24.3 Å². The Morgan fingerprint density at radius 3 is 2.57 bits per heavy atom. The first-order valence-corrected chi connectivity index (χ1v) is 7.49. The number of carbonyl (C=O) groups is 1. The van der Waals surface area contributed by atoms with Crippen molar-refractivity contribution >= 4 is 5.91 Å². The molecule has 21 heavy (non-hydrogen) atoms. The van der Waals surface area contributed by atoms with E-state index in [0.717, 1.165) is 12.0 Å². The third-order valence-electron chi connectivity index (χ3n) is 4.47. The molecular weight excluding hydrogens is 274 g/mol. The van der Waals surface area contributed by atoms with Gasteiger partial charge < -0.3 is 11.1 Å². The second-order valence-corrected chi connectivity index (χ2v) is 6.24. The maximum Gasteiger partial charge on any atom is 0.251 e. The largest absolute Gasteiger partial charge is 0.349 e. The monoisotopic (exact) mass is 294 g/mol. The van der Waals surface area contributed by atoms with Crippen molar-refractivity contribution in [1.29, 1.82) is 0 Å². The summed E-state index contributed by atoms with van der Waals surface area (Å²) in [7, 11) is 0. The van der Waals surface area contributed by atoms with Gasteiger partial charge in [-0.05, 0) is 37.0 Å².